The zero-order chi connectivity index (χ0) is 13.4. The maximum Gasteiger partial charge on any atom is 0.192 e. The Morgan fingerprint density at radius 2 is 2.05 bits per heavy atom. The molecule has 0 saturated carbocycles. The average molecular weight is 273 g/mol. The molecule has 98 valence electrons. The largest absolute Gasteiger partial charge is 0.441 e. The second kappa shape index (κ2) is 4.66. The van der Waals surface area contributed by atoms with Crippen LogP contribution in [0.25, 0.3) is 11.1 Å². The van der Waals surface area contributed by atoms with Gasteiger partial charge >= 0.3 is 0 Å². The third-order valence-electron chi connectivity index (χ3n) is 2.95. The summed E-state index contributed by atoms with van der Waals surface area (Å²) in [4.78, 5) is 10.0. The van der Waals surface area contributed by atoms with E-state index in [0.717, 1.165) is 34.0 Å². The number of hydrogen-bond acceptors (Lipinski definition) is 5. The number of fused-ring (bicyclic) bond motifs is 1. The highest BCUT2D eigenvalue weighted by atomic mass is 32.1. The molecule has 0 radical (unpaired) electrons. The zero-order valence-corrected chi connectivity index (χ0v) is 12.0. The molecule has 2 heterocycles. The fourth-order valence-corrected chi connectivity index (χ4v) is 2.95. The van der Waals surface area contributed by atoms with Crippen molar-refractivity contribution in [3.8, 4) is 0 Å². The van der Waals surface area contributed by atoms with Gasteiger partial charge in [-0.25, -0.2) is 9.97 Å². The number of nitrogens with one attached hydrogen (secondary N) is 1. The van der Waals surface area contributed by atoms with Gasteiger partial charge in [-0.05, 0) is 32.0 Å². The van der Waals surface area contributed by atoms with Gasteiger partial charge in [0.25, 0.3) is 0 Å². The molecule has 5 heteroatoms. The van der Waals surface area contributed by atoms with Gasteiger partial charge in [0, 0.05) is 17.5 Å². The summed E-state index contributed by atoms with van der Waals surface area (Å²) < 4.78 is 5.46. The fourth-order valence-electron chi connectivity index (χ4n) is 2.07. The molecule has 1 aromatic carbocycles. The molecule has 0 bridgehead atoms. The second-order valence-corrected chi connectivity index (χ2v) is 5.80. The molecule has 0 aliphatic carbocycles. The summed E-state index contributed by atoms with van der Waals surface area (Å²) in [6, 6.07) is 5.97. The Labute approximate surface area is 115 Å². The van der Waals surface area contributed by atoms with Crippen molar-refractivity contribution in [2.45, 2.75) is 27.3 Å². The number of anilines is 1. The summed E-state index contributed by atoms with van der Waals surface area (Å²) in [5, 5.41) is 4.51. The summed E-state index contributed by atoms with van der Waals surface area (Å²) in [6.07, 6.45) is 0. The van der Waals surface area contributed by atoms with Crippen molar-refractivity contribution < 1.29 is 4.42 Å². The van der Waals surface area contributed by atoms with Crippen LogP contribution >= 0.6 is 11.3 Å². The third kappa shape index (κ3) is 2.46. The van der Waals surface area contributed by atoms with Crippen LogP contribution in [-0.4, -0.2) is 9.97 Å². The average Bonchev–Trinajstić information content (AvgIpc) is 2.87. The van der Waals surface area contributed by atoms with Gasteiger partial charge in [-0.3, -0.25) is 0 Å². The number of thiazole rings is 1. The highest BCUT2D eigenvalue weighted by Gasteiger charge is 2.06. The van der Waals surface area contributed by atoms with Crippen LogP contribution in [0, 0.1) is 20.8 Å². The molecule has 0 saturated heterocycles. The molecule has 0 spiro atoms. The van der Waals surface area contributed by atoms with Crippen LogP contribution in [0.4, 0.5) is 5.69 Å². The van der Waals surface area contributed by atoms with E-state index in [2.05, 4.69) is 15.3 Å². The summed E-state index contributed by atoms with van der Waals surface area (Å²) in [5.41, 5.74) is 3.87. The number of benzene rings is 1. The van der Waals surface area contributed by atoms with E-state index in [9.17, 15) is 0 Å². The zero-order valence-electron chi connectivity index (χ0n) is 11.2. The minimum atomic E-state index is 0.695. The Balaban J connectivity index is 1.79. The van der Waals surface area contributed by atoms with Gasteiger partial charge < -0.3 is 9.73 Å². The van der Waals surface area contributed by atoms with Gasteiger partial charge in [0.15, 0.2) is 11.5 Å². The summed E-state index contributed by atoms with van der Waals surface area (Å²) >= 11 is 1.73. The second-order valence-electron chi connectivity index (χ2n) is 4.51. The molecule has 0 amide bonds. The molecular weight excluding hydrogens is 258 g/mol. The predicted molar refractivity (Wildman–Crippen MR) is 77.7 cm³/mol. The molecule has 1 N–H and O–H groups in total. The Hall–Kier alpha value is -1.88. The van der Waals surface area contributed by atoms with Crippen LogP contribution in [0.5, 0.6) is 0 Å². The first-order valence-electron chi connectivity index (χ1n) is 6.16. The van der Waals surface area contributed by atoms with Gasteiger partial charge in [-0.15, -0.1) is 11.3 Å². The van der Waals surface area contributed by atoms with Gasteiger partial charge in [-0.2, -0.15) is 0 Å². The first kappa shape index (κ1) is 12.2. The van der Waals surface area contributed by atoms with E-state index in [4.69, 9.17) is 4.42 Å². The quantitative estimate of drug-likeness (QED) is 0.788. The van der Waals surface area contributed by atoms with Crippen molar-refractivity contribution in [3.05, 3.63) is 39.7 Å². The van der Waals surface area contributed by atoms with E-state index in [1.807, 2.05) is 39.0 Å². The predicted octanol–water partition coefficient (Wildman–Crippen LogP) is 3.82. The van der Waals surface area contributed by atoms with Crippen LogP contribution in [-0.2, 0) is 6.54 Å². The van der Waals surface area contributed by atoms with Crippen LogP contribution < -0.4 is 5.32 Å². The molecule has 3 aromatic rings. The van der Waals surface area contributed by atoms with Crippen LogP contribution in [0.1, 0.15) is 21.5 Å². The summed E-state index contributed by atoms with van der Waals surface area (Å²) in [7, 11) is 0. The number of oxazole rings is 1. The first-order valence-corrected chi connectivity index (χ1v) is 6.97. The minimum Gasteiger partial charge on any atom is -0.441 e. The van der Waals surface area contributed by atoms with Crippen molar-refractivity contribution in [1.82, 2.24) is 9.97 Å². The van der Waals surface area contributed by atoms with E-state index in [1.54, 1.807) is 11.3 Å². The first-order chi connectivity index (χ1) is 9.11. The third-order valence-corrected chi connectivity index (χ3v) is 4.02. The normalized spacial score (nSPS) is 11.1. The van der Waals surface area contributed by atoms with Crippen molar-refractivity contribution in [1.29, 1.82) is 0 Å². The fraction of sp³-hybridized carbons (Fsp3) is 0.286. The number of rotatable bonds is 3. The number of aromatic nitrogens is 2. The van der Waals surface area contributed by atoms with Crippen LogP contribution in [0.15, 0.2) is 22.6 Å². The molecule has 0 unspecified atom stereocenters. The van der Waals surface area contributed by atoms with Gasteiger partial charge in [0.2, 0.25) is 0 Å². The SMILES string of the molecule is Cc1nc2cc(NCc3sc(C)nc3C)ccc2o1. The lowest BCUT2D eigenvalue weighted by atomic mass is 10.3. The molecule has 0 aliphatic rings. The molecule has 3 rings (SSSR count). The highest BCUT2D eigenvalue weighted by molar-refractivity contribution is 7.11. The van der Waals surface area contributed by atoms with E-state index >= 15 is 0 Å². The van der Waals surface area contributed by atoms with E-state index in [1.165, 1.54) is 4.88 Å². The van der Waals surface area contributed by atoms with E-state index in [0.29, 0.717) is 5.89 Å². The maximum absolute atomic E-state index is 5.46. The molecule has 0 fully saturated rings. The number of nitrogens with zero attached hydrogens (tertiary/aromatic N) is 2. The Morgan fingerprint density at radius 1 is 1.21 bits per heavy atom. The molecular formula is C14H15N3OS. The van der Waals surface area contributed by atoms with E-state index in [-0.39, 0.29) is 0 Å². The standard InChI is InChI=1S/C14H15N3OS/c1-8-14(19-10(3)16-8)7-15-11-4-5-13-12(6-11)17-9(2)18-13/h4-6,15H,7H2,1-3H3. The maximum atomic E-state index is 5.46. The Kier molecular flexibility index (Phi) is 2.98. The topological polar surface area (TPSA) is 51.0 Å². The molecule has 2 aromatic heterocycles. The molecule has 0 aliphatic heterocycles. The van der Waals surface area contributed by atoms with Crippen molar-refractivity contribution in [2.75, 3.05) is 5.32 Å². The van der Waals surface area contributed by atoms with Gasteiger partial charge in [0.05, 0.1) is 17.2 Å². The van der Waals surface area contributed by atoms with Gasteiger partial charge in [-0.1, -0.05) is 0 Å². The van der Waals surface area contributed by atoms with Crippen molar-refractivity contribution in [3.63, 3.8) is 0 Å². The highest BCUT2D eigenvalue weighted by Crippen LogP contribution is 2.22. The van der Waals surface area contributed by atoms with Crippen molar-refractivity contribution in [2.24, 2.45) is 0 Å². The molecule has 19 heavy (non-hydrogen) atoms. The van der Waals surface area contributed by atoms with Gasteiger partial charge in [0.1, 0.15) is 5.52 Å². The van der Waals surface area contributed by atoms with Crippen LogP contribution in [0.3, 0.4) is 0 Å². The Morgan fingerprint density at radius 3 is 2.79 bits per heavy atom. The summed E-state index contributed by atoms with van der Waals surface area (Å²) in [5.74, 6) is 0.695. The minimum absolute atomic E-state index is 0.695. The molecule has 0 atom stereocenters. The Bertz CT molecular complexity index is 729. The summed E-state index contributed by atoms with van der Waals surface area (Å²) in [6.45, 7) is 6.73. The van der Waals surface area contributed by atoms with E-state index < -0.39 is 0 Å². The number of aryl methyl sites for hydroxylation is 3. The lowest BCUT2D eigenvalue weighted by Gasteiger charge is -2.04. The number of hydrogen-bond donors (Lipinski definition) is 1. The molecule has 4 nitrogen and oxygen atoms in total. The van der Waals surface area contributed by atoms with Crippen molar-refractivity contribution >= 4 is 28.1 Å². The van der Waals surface area contributed by atoms with Crippen LogP contribution in [0.2, 0.25) is 0 Å². The lowest BCUT2D eigenvalue weighted by Crippen LogP contribution is -1.98. The monoisotopic (exact) mass is 273 g/mol. The lowest BCUT2D eigenvalue weighted by molar-refractivity contribution is 0.561. The smallest absolute Gasteiger partial charge is 0.192 e.